The van der Waals surface area contributed by atoms with Crippen LogP contribution in [0.2, 0.25) is 0 Å². The van der Waals surface area contributed by atoms with Crippen LogP contribution >= 0.6 is 0 Å². The third kappa shape index (κ3) is 4.48. The molecule has 5 fully saturated rings. The van der Waals surface area contributed by atoms with Crippen LogP contribution in [0.25, 0.3) is 5.69 Å². The Morgan fingerprint density at radius 3 is 2.26 bits per heavy atom. The third-order valence-electron chi connectivity index (χ3n) is 10.7. The SMILES string of the molecule is COc1ccc(OC)c(C2c3cccn3-c3ccccc3N2C(=O)CN(C(=O)NC23CC4CC(CC(C4)C2)C3)C2CC2)c1. The van der Waals surface area contributed by atoms with Gasteiger partial charge in [0.1, 0.15) is 24.1 Å². The second-order valence-electron chi connectivity index (χ2n) is 13.6. The van der Waals surface area contributed by atoms with Crippen molar-refractivity contribution in [1.82, 2.24) is 14.8 Å². The van der Waals surface area contributed by atoms with Crippen molar-refractivity contribution in [2.24, 2.45) is 17.8 Å². The van der Waals surface area contributed by atoms with E-state index in [1.807, 2.05) is 64.5 Å². The fourth-order valence-electron chi connectivity index (χ4n) is 9.15. The molecule has 3 amide bonds. The lowest BCUT2D eigenvalue weighted by Gasteiger charge is -2.57. The molecule has 224 valence electrons. The molecule has 43 heavy (non-hydrogen) atoms. The number of para-hydroxylation sites is 2. The number of fused-ring (bicyclic) bond motifs is 3. The number of nitrogens with one attached hydrogen (secondary N) is 1. The van der Waals surface area contributed by atoms with E-state index in [1.165, 1.54) is 19.3 Å². The number of amides is 3. The van der Waals surface area contributed by atoms with Gasteiger partial charge in [-0.05, 0) is 112 Å². The van der Waals surface area contributed by atoms with Crippen molar-refractivity contribution in [1.29, 1.82) is 0 Å². The van der Waals surface area contributed by atoms with Crippen LogP contribution in [-0.2, 0) is 4.79 Å². The van der Waals surface area contributed by atoms with E-state index < -0.39 is 6.04 Å². The predicted molar refractivity (Wildman–Crippen MR) is 164 cm³/mol. The molecule has 1 aromatic heterocycles. The van der Waals surface area contributed by atoms with Gasteiger partial charge in [0.25, 0.3) is 0 Å². The van der Waals surface area contributed by atoms with Gasteiger partial charge in [0.2, 0.25) is 5.91 Å². The van der Waals surface area contributed by atoms with Crippen molar-refractivity contribution in [3.05, 3.63) is 72.1 Å². The lowest BCUT2D eigenvalue weighted by Crippen LogP contribution is -2.62. The number of aromatic nitrogens is 1. The number of anilines is 1. The van der Waals surface area contributed by atoms with E-state index in [9.17, 15) is 9.59 Å². The minimum absolute atomic E-state index is 0.0285. The number of hydrogen-bond acceptors (Lipinski definition) is 4. The Balaban J connectivity index is 1.14. The van der Waals surface area contributed by atoms with E-state index in [1.54, 1.807) is 14.2 Å². The third-order valence-corrected chi connectivity index (χ3v) is 10.7. The van der Waals surface area contributed by atoms with Crippen LogP contribution in [0.1, 0.15) is 68.7 Å². The topological polar surface area (TPSA) is 76.0 Å². The maximum absolute atomic E-state index is 14.7. The fourth-order valence-corrected chi connectivity index (χ4v) is 9.15. The molecule has 0 spiro atoms. The summed E-state index contributed by atoms with van der Waals surface area (Å²) in [5, 5.41) is 3.54. The highest BCUT2D eigenvalue weighted by atomic mass is 16.5. The van der Waals surface area contributed by atoms with E-state index in [0.29, 0.717) is 11.5 Å². The zero-order valence-electron chi connectivity index (χ0n) is 25.0. The average molecular weight is 581 g/mol. The number of carbonyl (C=O) groups is 2. The van der Waals surface area contributed by atoms with Gasteiger partial charge in [0, 0.05) is 23.3 Å². The highest BCUT2D eigenvalue weighted by Gasteiger charge is 2.52. The molecule has 5 saturated carbocycles. The van der Waals surface area contributed by atoms with Gasteiger partial charge in [-0.25, -0.2) is 4.79 Å². The maximum Gasteiger partial charge on any atom is 0.318 e. The van der Waals surface area contributed by atoms with Crippen molar-refractivity contribution < 1.29 is 19.1 Å². The Kier molecular flexibility index (Phi) is 6.24. The molecule has 8 heteroatoms. The van der Waals surface area contributed by atoms with Crippen LogP contribution in [0, 0.1) is 17.8 Å². The lowest BCUT2D eigenvalue weighted by atomic mass is 9.53. The lowest BCUT2D eigenvalue weighted by molar-refractivity contribution is -0.119. The number of carbonyl (C=O) groups excluding carboxylic acids is 2. The molecule has 0 saturated heterocycles. The first-order valence-electron chi connectivity index (χ1n) is 15.8. The second-order valence-corrected chi connectivity index (χ2v) is 13.6. The maximum atomic E-state index is 14.7. The van der Waals surface area contributed by atoms with Gasteiger partial charge < -0.3 is 24.3 Å². The zero-order chi connectivity index (χ0) is 29.3. The number of methoxy groups -OCH3 is 2. The summed E-state index contributed by atoms with van der Waals surface area (Å²) in [4.78, 5) is 32.4. The molecule has 2 heterocycles. The normalized spacial score (nSPS) is 28.2. The van der Waals surface area contributed by atoms with Crippen LogP contribution in [0.5, 0.6) is 11.5 Å². The summed E-state index contributed by atoms with van der Waals surface area (Å²) in [7, 11) is 3.29. The van der Waals surface area contributed by atoms with Crippen LogP contribution in [0.15, 0.2) is 60.8 Å². The summed E-state index contributed by atoms with van der Waals surface area (Å²) in [5.41, 5.74) is 3.43. The molecule has 2 aromatic carbocycles. The Morgan fingerprint density at radius 2 is 1.60 bits per heavy atom. The van der Waals surface area contributed by atoms with Crippen molar-refractivity contribution in [2.75, 3.05) is 25.7 Å². The van der Waals surface area contributed by atoms with E-state index in [4.69, 9.17) is 9.47 Å². The molecule has 9 rings (SSSR count). The van der Waals surface area contributed by atoms with Crippen LogP contribution in [0.3, 0.4) is 0 Å². The van der Waals surface area contributed by atoms with Crippen LogP contribution < -0.4 is 19.7 Å². The van der Waals surface area contributed by atoms with Gasteiger partial charge in [-0.15, -0.1) is 0 Å². The van der Waals surface area contributed by atoms with Gasteiger partial charge in [0.15, 0.2) is 0 Å². The number of benzene rings is 2. The molecule has 1 atom stereocenters. The molecule has 3 aromatic rings. The standard InChI is InChI=1S/C35H40N4O4/c1-42-26-11-12-31(43-2)27(17-26)33-30-8-5-13-37(30)28-6-3-4-7-29(28)39(33)32(40)21-38(25-9-10-25)34(41)36-35-18-22-14-23(19-35)16-24(15-22)20-35/h3-8,11-13,17,22-25,33H,9-10,14-16,18-21H2,1-2H3,(H,36,41). The molecule has 0 radical (unpaired) electrons. The smallest absolute Gasteiger partial charge is 0.318 e. The van der Waals surface area contributed by atoms with Crippen molar-refractivity contribution in [2.45, 2.75) is 69.0 Å². The van der Waals surface area contributed by atoms with E-state index in [-0.39, 0.29) is 30.1 Å². The molecule has 8 nitrogen and oxygen atoms in total. The summed E-state index contributed by atoms with van der Waals surface area (Å²) in [5.74, 6) is 3.47. The number of hydrogen-bond donors (Lipinski definition) is 1. The van der Waals surface area contributed by atoms with Crippen molar-refractivity contribution >= 4 is 17.6 Å². The highest BCUT2D eigenvalue weighted by Crippen LogP contribution is 2.56. The van der Waals surface area contributed by atoms with E-state index in [2.05, 4.69) is 16.0 Å². The minimum Gasteiger partial charge on any atom is -0.497 e. The number of ether oxygens (including phenoxy) is 2. The Labute approximate surface area is 252 Å². The summed E-state index contributed by atoms with van der Waals surface area (Å²) >= 11 is 0. The first kappa shape index (κ1) is 26.7. The van der Waals surface area contributed by atoms with Gasteiger partial charge in [-0.2, -0.15) is 0 Å². The Bertz CT molecular complexity index is 1540. The molecule has 1 N–H and O–H groups in total. The number of rotatable bonds is 7. The van der Waals surface area contributed by atoms with Crippen molar-refractivity contribution in [3.8, 4) is 17.2 Å². The Morgan fingerprint density at radius 1 is 0.907 bits per heavy atom. The molecule has 1 unspecified atom stereocenters. The highest BCUT2D eigenvalue weighted by molar-refractivity contribution is 6.00. The molecule has 5 aliphatic carbocycles. The first-order valence-corrected chi connectivity index (χ1v) is 15.8. The molecular weight excluding hydrogens is 540 g/mol. The van der Waals surface area contributed by atoms with E-state index in [0.717, 1.165) is 72.5 Å². The Hall–Kier alpha value is -3.94. The second kappa shape index (κ2) is 10.1. The first-order chi connectivity index (χ1) is 20.9. The minimum atomic E-state index is -0.463. The average Bonchev–Trinajstić information content (AvgIpc) is 3.72. The summed E-state index contributed by atoms with van der Waals surface area (Å²) < 4.78 is 13.6. The summed E-state index contributed by atoms with van der Waals surface area (Å²) in [6.45, 7) is 0.0285. The van der Waals surface area contributed by atoms with E-state index >= 15 is 0 Å². The monoisotopic (exact) mass is 580 g/mol. The van der Waals surface area contributed by atoms with Gasteiger partial charge in [-0.1, -0.05) is 12.1 Å². The summed E-state index contributed by atoms with van der Waals surface area (Å²) in [6, 6.07) is 17.3. The zero-order valence-corrected chi connectivity index (χ0v) is 25.0. The van der Waals surface area contributed by atoms with Crippen LogP contribution in [-0.4, -0.2) is 53.8 Å². The number of urea groups is 1. The van der Waals surface area contributed by atoms with Crippen LogP contribution in [0.4, 0.5) is 10.5 Å². The number of nitrogens with zero attached hydrogens (tertiary/aromatic N) is 3. The predicted octanol–water partition coefficient (Wildman–Crippen LogP) is 6.07. The van der Waals surface area contributed by atoms with Crippen molar-refractivity contribution in [3.63, 3.8) is 0 Å². The van der Waals surface area contributed by atoms with Gasteiger partial charge in [0.05, 0.1) is 31.3 Å². The fraction of sp³-hybridized carbons (Fsp3) is 0.486. The molecule has 4 bridgehead atoms. The molecular formula is C35H40N4O4. The quantitative estimate of drug-likeness (QED) is 0.368. The van der Waals surface area contributed by atoms with Gasteiger partial charge in [-0.3, -0.25) is 9.69 Å². The van der Waals surface area contributed by atoms with Gasteiger partial charge >= 0.3 is 6.03 Å². The molecule has 6 aliphatic rings. The summed E-state index contributed by atoms with van der Waals surface area (Å²) in [6.07, 6.45) is 11.1. The largest absolute Gasteiger partial charge is 0.497 e. The molecule has 1 aliphatic heterocycles.